The lowest BCUT2D eigenvalue weighted by Crippen LogP contribution is -2.35. The van der Waals surface area contributed by atoms with Gasteiger partial charge < -0.3 is 10.6 Å². The van der Waals surface area contributed by atoms with Crippen molar-refractivity contribution in [2.75, 3.05) is 11.9 Å². The minimum absolute atomic E-state index is 0. The van der Waals surface area contributed by atoms with Gasteiger partial charge >= 0.3 is 0 Å². The van der Waals surface area contributed by atoms with E-state index in [1.807, 2.05) is 12.1 Å². The number of amides is 1. The highest BCUT2D eigenvalue weighted by Crippen LogP contribution is 2.16. The van der Waals surface area contributed by atoms with Gasteiger partial charge in [0.25, 0.3) is 0 Å². The molecule has 1 heterocycles. The zero-order chi connectivity index (χ0) is 10.7. The molecular formula is C11H14Cl2N2O. The highest BCUT2D eigenvalue weighted by Gasteiger charge is 2.21. The fraction of sp³-hybridized carbons (Fsp3) is 0.364. The topological polar surface area (TPSA) is 41.1 Å². The SMILES string of the molecule is Cl.O=C(Nc1cccc(Cl)c1)[C@@H]1CCCN1. The standard InChI is InChI=1S/C11H13ClN2O.ClH/c12-8-3-1-4-9(7-8)14-11(15)10-5-2-6-13-10;/h1,3-4,7,10,13H,2,5-6H2,(H,14,15);1H/t10-;/m0./s1. The van der Waals surface area contributed by atoms with Crippen molar-refractivity contribution in [1.29, 1.82) is 0 Å². The predicted molar refractivity (Wildman–Crippen MR) is 68.4 cm³/mol. The summed E-state index contributed by atoms with van der Waals surface area (Å²) in [5.74, 6) is 0.0229. The van der Waals surface area contributed by atoms with Crippen LogP contribution in [0.3, 0.4) is 0 Å². The maximum Gasteiger partial charge on any atom is 0.241 e. The van der Waals surface area contributed by atoms with Crippen LogP contribution in [-0.4, -0.2) is 18.5 Å². The second-order valence-electron chi connectivity index (χ2n) is 3.65. The maximum atomic E-state index is 11.7. The Balaban J connectivity index is 0.00000128. The van der Waals surface area contributed by atoms with E-state index in [4.69, 9.17) is 11.6 Å². The van der Waals surface area contributed by atoms with Crippen molar-refractivity contribution >= 4 is 35.6 Å². The van der Waals surface area contributed by atoms with Crippen LogP contribution in [0.2, 0.25) is 5.02 Å². The molecule has 0 unspecified atom stereocenters. The monoisotopic (exact) mass is 260 g/mol. The van der Waals surface area contributed by atoms with Crippen LogP contribution in [0.1, 0.15) is 12.8 Å². The third kappa shape index (κ3) is 3.37. The molecule has 5 heteroatoms. The van der Waals surface area contributed by atoms with E-state index in [0.717, 1.165) is 25.1 Å². The summed E-state index contributed by atoms with van der Waals surface area (Å²) < 4.78 is 0. The van der Waals surface area contributed by atoms with E-state index in [1.54, 1.807) is 12.1 Å². The Morgan fingerprint density at radius 2 is 2.31 bits per heavy atom. The highest BCUT2D eigenvalue weighted by atomic mass is 35.5. The van der Waals surface area contributed by atoms with Crippen molar-refractivity contribution in [1.82, 2.24) is 5.32 Å². The van der Waals surface area contributed by atoms with Gasteiger partial charge in [-0.25, -0.2) is 0 Å². The lowest BCUT2D eigenvalue weighted by atomic mass is 10.2. The van der Waals surface area contributed by atoms with Crippen molar-refractivity contribution in [3.63, 3.8) is 0 Å². The molecule has 88 valence electrons. The van der Waals surface area contributed by atoms with Crippen LogP contribution in [0.15, 0.2) is 24.3 Å². The normalized spacial score (nSPS) is 18.9. The molecule has 2 N–H and O–H groups in total. The van der Waals surface area contributed by atoms with E-state index in [9.17, 15) is 4.79 Å². The van der Waals surface area contributed by atoms with Crippen molar-refractivity contribution < 1.29 is 4.79 Å². The second kappa shape index (κ2) is 6.09. The summed E-state index contributed by atoms with van der Waals surface area (Å²) in [5.41, 5.74) is 0.751. The molecule has 1 fully saturated rings. The van der Waals surface area contributed by atoms with Gasteiger partial charge in [-0.05, 0) is 37.6 Å². The number of nitrogens with one attached hydrogen (secondary N) is 2. The van der Waals surface area contributed by atoms with Gasteiger partial charge in [0.2, 0.25) is 5.91 Å². The Morgan fingerprint density at radius 1 is 1.50 bits per heavy atom. The van der Waals surface area contributed by atoms with E-state index < -0.39 is 0 Å². The van der Waals surface area contributed by atoms with Gasteiger partial charge in [0, 0.05) is 10.7 Å². The van der Waals surface area contributed by atoms with Crippen LogP contribution in [0.25, 0.3) is 0 Å². The Bertz CT molecular complexity index is 365. The van der Waals surface area contributed by atoms with Gasteiger partial charge in [0.05, 0.1) is 6.04 Å². The fourth-order valence-electron chi connectivity index (χ4n) is 1.70. The number of rotatable bonds is 2. The minimum atomic E-state index is -0.0519. The summed E-state index contributed by atoms with van der Waals surface area (Å²) in [5, 5.41) is 6.62. The molecule has 3 nitrogen and oxygen atoms in total. The summed E-state index contributed by atoms with van der Waals surface area (Å²) in [7, 11) is 0. The summed E-state index contributed by atoms with van der Waals surface area (Å²) >= 11 is 5.82. The summed E-state index contributed by atoms with van der Waals surface area (Å²) in [4.78, 5) is 11.7. The Morgan fingerprint density at radius 3 is 2.94 bits per heavy atom. The van der Waals surface area contributed by atoms with Crippen LogP contribution in [-0.2, 0) is 4.79 Å². The van der Waals surface area contributed by atoms with Crippen molar-refractivity contribution in [3.8, 4) is 0 Å². The third-order valence-electron chi connectivity index (χ3n) is 2.47. The van der Waals surface area contributed by atoms with Gasteiger partial charge in [-0.2, -0.15) is 0 Å². The lowest BCUT2D eigenvalue weighted by Gasteiger charge is -2.10. The van der Waals surface area contributed by atoms with Crippen molar-refractivity contribution in [2.24, 2.45) is 0 Å². The number of carbonyl (C=O) groups is 1. The molecule has 0 aliphatic carbocycles. The Labute approximate surface area is 106 Å². The number of halogens is 2. The fourth-order valence-corrected chi connectivity index (χ4v) is 1.89. The van der Waals surface area contributed by atoms with Gasteiger partial charge in [0.15, 0.2) is 0 Å². The molecule has 16 heavy (non-hydrogen) atoms. The highest BCUT2D eigenvalue weighted by molar-refractivity contribution is 6.30. The number of hydrogen-bond acceptors (Lipinski definition) is 2. The van der Waals surface area contributed by atoms with Gasteiger partial charge in [-0.1, -0.05) is 17.7 Å². The zero-order valence-corrected chi connectivity index (χ0v) is 10.3. The number of carbonyl (C=O) groups excluding carboxylic acids is 1. The molecule has 0 bridgehead atoms. The third-order valence-corrected chi connectivity index (χ3v) is 2.70. The van der Waals surface area contributed by atoms with E-state index in [1.165, 1.54) is 0 Å². The summed E-state index contributed by atoms with van der Waals surface area (Å²) in [6.45, 7) is 0.924. The molecule has 0 saturated carbocycles. The molecule has 1 atom stereocenters. The molecule has 0 spiro atoms. The van der Waals surface area contributed by atoms with Crippen molar-refractivity contribution in [3.05, 3.63) is 29.3 Å². The molecule has 2 rings (SSSR count). The first kappa shape index (κ1) is 13.3. The molecule has 0 radical (unpaired) electrons. The molecular weight excluding hydrogens is 247 g/mol. The van der Waals surface area contributed by atoms with E-state index in [0.29, 0.717) is 5.02 Å². The summed E-state index contributed by atoms with van der Waals surface area (Å²) in [6.07, 6.45) is 1.97. The van der Waals surface area contributed by atoms with Crippen LogP contribution in [0.5, 0.6) is 0 Å². The second-order valence-corrected chi connectivity index (χ2v) is 4.08. The van der Waals surface area contributed by atoms with E-state index in [-0.39, 0.29) is 24.4 Å². The number of benzene rings is 1. The first-order valence-electron chi connectivity index (χ1n) is 5.05. The molecule has 0 aromatic heterocycles. The molecule has 1 amide bonds. The average Bonchev–Trinajstić information content (AvgIpc) is 2.70. The predicted octanol–water partition coefficient (Wildman–Crippen LogP) is 2.45. The van der Waals surface area contributed by atoms with Crippen LogP contribution < -0.4 is 10.6 Å². The van der Waals surface area contributed by atoms with Crippen LogP contribution >= 0.6 is 24.0 Å². The molecule has 1 aliphatic rings. The van der Waals surface area contributed by atoms with E-state index in [2.05, 4.69) is 10.6 Å². The van der Waals surface area contributed by atoms with Crippen LogP contribution in [0.4, 0.5) is 5.69 Å². The molecule has 1 aromatic carbocycles. The minimum Gasteiger partial charge on any atom is -0.325 e. The average molecular weight is 261 g/mol. The van der Waals surface area contributed by atoms with Crippen molar-refractivity contribution in [2.45, 2.75) is 18.9 Å². The number of anilines is 1. The van der Waals surface area contributed by atoms with E-state index >= 15 is 0 Å². The largest absolute Gasteiger partial charge is 0.325 e. The Kier molecular flexibility index (Phi) is 5.06. The van der Waals surface area contributed by atoms with Gasteiger partial charge in [-0.3, -0.25) is 4.79 Å². The zero-order valence-electron chi connectivity index (χ0n) is 8.70. The first-order valence-corrected chi connectivity index (χ1v) is 5.43. The Hall–Kier alpha value is -0.770. The maximum absolute atomic E-state index is 11.7. The number of hydrogen-bond donors (Lipinski definition) is 2. The smallest absolute Gasteiger partial charge is 0.241 e. The lowest BCUT2D eigenvalue weighted by molar-refractivity contribution is -0.117. The molecule has 1 aliphatic heterocycles. The van der Waals surface area contributed by atoms with Gasteiger partial charge in [0.1, 0.15) is 0 Å². The first-order chi connectivity index (χ1) is 7.25. The molecule has 1 saturated heterocycles. The van der Waals surface area contributed by atoms with Gasteiger partial charge in [-0.15, -0.1) is 12.4 Å². The quantitative estimate of drug-likeness (QED) is 0.858. The summed E-state index contributed by atoms with van der Waals surface area (Å²) in [6, 6.07) is 7.13. The molecule has 1 aromatic rings. The van der Waals surface area contributed by atoms with Crippen LogP contribution in [0, 0.1) is 0 Å².